The molecule has 0 amide bonds. The maximum Gasteiger partial charge on any atom is 0.0605 e. The fourth-order valence-corrected chi connectivity index (χ4v) is 2.68. The largest absolute Gasteiger partial charge is 0.397 e. The van der Waals surface area contributed by atoms with Gasteiger partial charge < -0.3 is 15.7 Å². The van der Waals surface area contributed by atoms with Crippen molar-refractivity contribution >= 4 is 11.4 Å². The maximum absolute atomic E-state index is 8.94. The SMILES string of the molecule is Cc1ccc(N)c(N2CCCC2CCCO)c1. The van der Waals surface area contributed by atoms with Crippen LogP contribution in [0.3, 0.4) is 0 Å². The lowest BCUT2D eigenvalue weighted by Gasteiger charge is -2.28. The zero-order valence-electron chi connectivity index (χ0n) is 10.5. The second kappa shape index (κ2) is 5.41. The lowest BCUT2D eigenvalue weighted by atomic mass is 10.1. The zero-order valence-corrected chi connectivity index (χ0v) is 10.5. The molecule has 94 valence electrons. The number of aliphatic hydroxyl groups excluding tert-OH is 1. The molecule has 0 aromatic heterocycles. The van der Waals surface area contributed by atoms with Gasteiger partial charge >= 0.3 is 0 Å². The molecule has 0 spiro atoms. The predicted octanol–water partition coefficient (Wildman–Crippen LogP) is 2.32. The van der Waals surface area contributed by atoms with Crippen LogP contribution in [0.1, 0.15) is 31.2 Å². The molecular formula is C14H22N2O. The minimum atomic E-state index is 0.285. The third-order valence-corrected chi connectivity index (χ3v) is 3.57. The third-order valence-electron chi connectivity index (χ3n) is 3.57. The Hall–Kier alpha value is -1.22. The molecule has 3 heteroatoms. The van der Waals surface area contributed by atoms with Gasteiger partial charge in [0, 0.05) is 19.2 Å². The number of aliphatic hydroxyl groups is 1. The number of rotatable bonds is 4. The molecule has 1 aliphatic rings. The molecule has 1 atom stereocenters. The van der Waals surface area contributed by atoms with Crippen LogP contribution in [-0.4, -0.2) is 24.3 Å². The summed E-state index contributed by atoms with van der Waals surface area (Å²) >= 11 is 0. The first kappa shape index (κ1) is 12.2. The van der Waals surface area contributed by atoms with Gasteiger partial charge in [0.15, 0.2) is 0 Å². The Morgan fingerprint density at radius 2 is 2.29 bits per heavy atom. The highest BCUT2D eigenvalue weighted by molar-refractivity contribution is 5.69. The molecular weight excluding hydrogens is 212 g/mol. The average Bonchev–Trinajstić information content (AvgIpc) is 2.77. The van der Waals surface area contributed by atoms with Gasteiger partial charge in [-0.25, -0.2) is 0 Å². The van der Waals surface area contributed by atoms with E-state index in [2.05, 4.69) is 24.0 Å². The van der Waals surface area contributed by atoms with Gasteiger partial charge in [-0.2, -0.15) is 0 Å². The summed E-state index contributed by atoms with van der Waals surface area (Å²) in [6.07, 6.45) is 4.38. The van der Waals surface area contributed by atoms with Crippen molar-refractivity contribution < 1.29 is 5.11 Å². The van der Waals surface area contributed by atoms with Crippen LogP contribution in [0.15, 0.2) is 18.2 Å². The fourth-order valence-electron chi connectivity index (χ4n) is 2.68. The Balaban J connectivity index is 2.16. The summed E-state index contributed by atoms with van der Waals surface area (Å²) in [4.78, 5) is 2.41. The predicted molar refractivity (Wildman–Crippen MR) is 72.3 cm³/mol. The number of nitrogens with zero attached hydrogens (tertiary/aromatic N) is 1. The van der Waals surface area contributed by atoms with Gasteiger partial charge in [-0.3, -0.25) is 0 Å². The molecule has 3 nitrogen and oxygen atoms in total. The van der Waals surface area contributed by atoms with Crippen molar-refractivity contribution in [2.24, 2.45) is 0 Å². The normalized spacial score (nSPS) is 19.9. The number of hydrogen-bond acceptors (Lipinski definition) is 3. The highest BCUT2D eigenvalue weighted by Gasteiger charge is 2.25. The van der Waals surface area contributed by atoms with Crippen LogP contribution in [-0.2, 0) is 0 Å². The van der Waals surface area contributed by atoms with Gasteiger partial charge in [-0.1, -0.05) is 6.07 Å². The number of hydrogen-bond donors (Lipinski definition) is 2. The van der Waals surface area contributed by atoms with E-state index in [-0.39, 0.29) is 6.61 Å². The summed E-state index contributed by atoms with van der Waals surface area (Å²) in [5, 5.41) is 8.94. The van der Waals surface area contributed by atoms with E-state index in [1.165, 1.54) is 24.1 Å². The van der Waals surface area contributed by atoms with Gasteiger partial charge in [-0.05, 0) is 50.3 Å². The minimum absolute atomic E-state index is 0.285. The molecule has 0 aliphatic carbocycles. The zero-order chi connectivity index (χ0) is 12.3. The Bertz CT molecular complexity index is 378. The summed E-state index contributed by atoms with van der Waals surface area (Å²) in [5.41, 5.74) is 9.36. The number of benzene rings is 1. The second-order valence-electron chi connectivity index (χ2n) is 4.92. The molecule has 1 aliphatic heterocycles. The standard InChI is InChI=1S/C14H22N2O/c1-11-6-7-13(15)14(10-11)16-8-2-4-12(16)5-3-9-17/h6-7,10,12,17H,2-5,8-9,15H2,1H3. The van der Waals surface area contributed by atoms with E-state index in [4.69, 9.17) is 10.8 Å². The number of anilines is 2. The van der Waals surface area contributed by atoms with Crippen molar-refractivity contribution in [3.8, 4) is 0 Å². The van der Waals surface area contributed by atoms with E-state index in [0.717, 1.165) is 25.1 Å². The average molecular weight is 234 g/mol. The van der Waals surface area contributed by atoms with Crippen LogP contribution >= 0.6 is 0 Å². The Labute approximate surface area is 103 Å². The van der Waals surface area contributed by atoms with E-state index < -0.39 is 0 Å². The van der Waals surface area contributed by atoms with Crippen molar-refractivity contribution in [1.82, 2.24) is 0 Å². The van der Waals surface area contributed by atoms with Crippen LogP contribution < -0.4 is 10.6 Å². The summed E-state index contributed by atoms with van der Waals surface area (Å²) in [6.45, 7) is 3.47. The topological polar surface area (TPSA) is 49.5 Å². The van der Waals surface area contributed by atoms with E-state index >= 15 is 0 Å². The minimum Gasteiger partial charge on any atom is -0.397 e. The van der Waals surface area contributed by atoms with Crippen molar-refractivity contribution in [3.05, 3.63) is 23.8 Å². The molecule has 0 bridgehead atoms. The molecule has 17 heavy (non-hydrogen) atoms. The number of nitrogen functional groups attached to an aromatic ring is 1. The van der Waals surface area contributed by atoms with Gasteiger partial charge in [0.2, 0.25) is 0 Å². The Morgan fingerprint density at radius 1 is 1.47 bits per heavy atom. The lowest BCUT2D eigenvalue weighted by Crippen LogP contribution is -2.30. The van der Waals surface area contributed by atoms with Gasteiger partial charge in [0.1, 0.15) is 0 Å². The smallest absolute Gasteiger partial charge is 0.0605 e. The summed E-state index contributed by atoms with van der Waals surface area (Å²) in [6, 6.07) is 6.77. The fraction of sp³-hybridized carbons (Fsp3) is 0.571. The van der Waals surface area contributed by atoms with Crippen LogP contribution in [0.5, 0.6) is 0 Å². The van der Waals surface area contributed by atoms with Crippen molar-refractivity contribution in [2.75, 3.05) is 23.8 Å². The van der Waals surface area contributed by atoms with Gasteiger partial charge in [-0.15, -0.1) is 0 Å². The third kappa shape index (κ3) is 2.72. The molecule has 0 saturated carbocycles. The molecule has 1 aromatic carbocycles. The highest BCUT2D eigenvalue weighted by Crippen LogP contribution is 2.32. The quantitative estimate of drug-likeness (QED) is 0.786. The Kier molecular flexibility index (Phi) is 3.89. The van der Waals surface area contributed by atoms with Crippen LogP contribution in [0, 0.1) is 6.92 Å². The Morgan fingerprint density at radius 3 is 3.06 bits per heavy atom. The highest BCUT2D eigenvalue weighted by atomic mass is 16.2. The van der Waals surface area contributed by atoms with E-state index in [9.17, 15) is 0 Å². The van der Waals surface area contributed by atoms with E-state index in [1.807, 2.05) is 6.07 Å². The molecule has 1 saturated heterocycles. The maximum atomic E-state index is 8.94. The first-order valence-electron chi connectivity index (χ1n) is 6.46. The summed E-state index contributed by atoms with van der Waals surface area (Å²) in [7, 11) is 0. The molecule has 0 radical (unpaired) electrons. The second-order valence-corrected chi connectivity index (χ2v) is 4.92. The lowest BCUT2D eigenvalue weighted by molar-refractivity contribution is 0.279. The number of nitrogens with two attached hydrogens (primary N) is 1. The van der Waals surface area contributed by atoms with Crippen molar-refractivity contribution in [2.45, 2.75) is 38.6 Å². The summed E-state index contributed by atoms with van der Waals surface area (Å²) < 4.78 is 0. The molecule has 1 aromatic rings. The van der Waals surface area contributed by atoms with Gasteiger partial charge in [0.05, 0.1) is 11.4 Å². The van der Waals surface area contributed by atoms with E-state index in [1.54, 1.807) is 0 Å². The van der Waals surface area contributed by atoms with Gasteiger partial charge in [0.25, 0.3) is 0 Å². The molecule has 2 rings (SSSR count). The van der Waals surface area contributed by atoms with Crippen molar-refractivity contribution in [3.63, 3.8) is 0 Å². The number of aryl methyl sites for hydroxylation is 1. The van der Waals surface area contributed by atoms with Crippen LogP contribution in [0.25, 0.3) is 0 Å². The first-order valence-corrected chi connectivity index (χ1v) is 6.46. The van der Waals surface area contributed by atoms with E-state index in [0.29, 0.717) is 6.04 Å². The molecule has 1 fully saturated rings. The summed E-state index contributed by atoms with van der Waals surface area (Å²) in [5.74, 6) is 0. The molecule has 1 unspecified atom stereocenters. The molecule has 1 heterocycles. The van der Waals surface area contributed by atoms with Crippen LogP contribution in [0.2, 0.25) is 0 Å². The molecule has 3 N–H and O–H groups in total. The van der Waals surface area contributed by atoms with Crippen LogP contribution in [0.4, 0.5) is 11.4 Å². The first-order chi connectivity index (χ1) is 8.22. The monoisotopic (exact) mass is 234 g/mol. The van der Waals surface area contributed by atoms with Crippen molar-refractivity contribution in [1.29, 1.82) is 0 Å².